The Labute approximate surface area is 141 Å². The zero-order valence-electron chi connectivity index (χ0n) is 13.9. The maximum Gasteiger partial charge on any atom is 0.242 e. The van der Waals surface area contributed by atoms with Crippen LogP contribution in [0, 0.1) is 6.92 Å². The Morgan fingerprint density at radius 3 is 2.96 bits per heavy atom. The number of carbonyl (C=O) groups excluding carboxylic acids is 1. The molecule has 0 bridgehead atoms. The average molecular weight is 329 g/mol. The van der Waals surface area contributed by atoms with Crippen LogP contribution >= 0.6 is 0 Å². The molecule has 2 aromatic rings. The van der Waals surface area contributed by atoms with Crippen molar-refractivity contribution in [2.45, 2.75) is 38.6 Å². The molecular formula is C18H23N3O3. The first-order chi connectivity index (χ1) is 11.7. The molecule has 1 fully saturated rings. The van der Waals surface area contributed by atoms with Crippen LogP contribution in [-0.2, 0) is 27.4 Å². The first kappa shape index (κ1) is 16.7. The third-order valence-electron chi connectivity index (χ3n) is 4.18. The second kappa shape index (κ2) is 8.08. The molecule has 2 atom stereocenters. The topological polar surface area (TPSA) is 65.4 Å². The van der Waals surface area contributed by atoms with Gasteiger partial charge in [-0.15, -0.1) is 0 Å². The van der Waals surface area contributed by atoms with Crippen LogP contribution in [0.25, 0.3) is 0 Å². The van der Waals surface area contributed by atoms with E-state index in [2.05, 4.69) is 10.4 Å². The van der Waals surface area contributed by atoms with Crippen LogP contribution in [0.15, 0.2) is 42.6 Å². The summed E-state index contributed by atoms with van der Waals surface area (Å²) in [7, 11) is 0. The van der Waals surface area contributed by atoms with E-state index in [0.717, 1.165) is 17.7 Å². The van der Waals surface area contributed by atoms with E-state index in [1.807, 2.05) is 43.3 Å². The van der Waals surface area contributed by atoms with Gasteiger partial charge < -0.3 is 14.8 Å². The summed E-state index contributed by atoms with van der Waals surface area (Å²) in [6.45, 7) is 3.80. The van der Waals surface area contributed by atoms with E-state index < -0.39 is 0 Å². The molecule has 1 aliphatic heterocycles. The molecule has 0 aliphatic carbocycles. The number of carbonyl (C=O) groups is 1. The van der Waals surface area contributed by atoms with Gasteiger partial charge in [-0.05, 0) is 25.0 Å². The molecule has 24 heavy (non-hydrogen) atoms. The summed E-state index contributed by atoms with van der Waals surface area (Å²) in [4.78, 5) is 12.3. The highest BCUT2D eigenvalue weighted by Crippen LogP contribution is 2.14. The number of ether oxygens (including phenoxy) is 2. The lowest BCUT2D eigenvalue weighted by molar-refractivity contribution is -0.127. The number of amides is 1. The second-order valence-corrected chi connectivity index (χ2v) is 6.00. The lowest BCUT2D eigenvalue weighted by Gasteiger charge is -2.32. The molecule has 6 nitrogen and oxygen atoms in total. The summed E-state index contributed by atoms with van der Waals surface area (Å²) < 4.78 is 13.2. The Morgan fingerprint density at radius 1 is 1.38 bits per heavy atom. The minimum atomic E-state index is -0.137. The van der Waals surface area contributed by atoms with Crippen molar-refractivity contribution in [3.63, 3.8) is 0 Å². The van der Waals surface area contributed by atoms with Crippen LogP contribution in [0.5, 0.6) is 0 Å². The smallest absolute Gasteiger partial charge is 0.242 e. The van der Waals surface area contributed by atoms with Crippen molar-refractivity contribution in [2.24, 2.45) is 0 Å². The molecule has 3 rings (SSSR count). The van der Waals surface area contributed by atoms with Gasteiger partial charge in [0, 0.05) is 18.5 Å². The van der Waals surface area contributed by atoms with E-state index in [9.17, 15) is 4.79 Å². The molecule has 6 heteroatoms. The lowest BCUT2D eigenvalue weighted by Crippen LogP contribution is -2.50. The number of aromatic nitrogens is 2. The number of benzene rings is 1. The van der Waals surface area contributed by atoms with Crippen molar-refractivity contribution >= 4 is 5.91 Å². The van der Waals surface area contributed by atoms with E-state index in [0.29, 0.717) is 19.8 Å². The van der Waals surface area contributed by atoms with E-state index in [1.54, 1.807) is 10.9 Å². The molecule has 0 unspecified atom stereocenters. The molecule has 1 saturated heterocycles. The van der Waals surface area contributed by atoms with Crippen molar-refractivity contribution < 1.29 is 14.3 Å². The zero-order chi connectivity index (χ0) is 16.8. The van der Waals surface area contributed by atoms with Gasteiger partial charge in [-0.25, -0.2) is 0 Å². The Kier molecular flexibility index (Phi) is 5.61. The van der Waals surface area contributed by atoms with Crippen LogP contribution in [-0.4, -0.2) is 41.0 Å². The van der Waals surface area contributed by atoms with Gasteiger partial charge in [0.15, 0.2) is 0 Å². The highest BCUT2D eigenvalue weighted by atomic mass is 16.5. The van der Waals surface area contributed by atoms with Gasteiger partial charge in [0.2, 0.25) is 5.91 Å². The van der Waals surface area contributed by atoms with E-state index in [1.165, 1.54) is 0 Å². The molecule has 2 heterocycles. The molecule has 1 amide bonds. The van der Waals surface area contributed by atoms with Crippen LogP contribution in [0.4, 0.5) is 0 Å². The molecule has 1 N–H and O–H groups in total. The van der Waals surface area contributed by atoms with E-state index >= 15 is 0 Å². The van der Waals surface area contributed by atoms with Crippen molar-refractivity contribution in [3.8, 4) is 0 Å². The quantitative estimate of drug-likeness (QED) is 0.876. The summed E-state index contributed by atoms with van der Waals surface area (Å²) in [6, 6.07) is 11.9. The third-order valence-corrected chi connectivity index (χ3v) is 4.18. The van der Waals surface area contributed by atoms with Gasteiger partial charge in [0.05, 0.1) is 19.3 Å². The molecule has 1 aromatic carbocycles. The zero-order valence-corrected chi connectivity index (χ0v) is 13.9. The molecule has 1 aliphatic rings. The molecule has 0 radical (unpaired) electrons. The fourth-order valence-corrected chi connectivity index (χ4v) is 2.77. The molecule has 0 saturated carbocycles. The van der Waals surface area contributed by atoms with Gasteiger partial charge in [-0.1, -0.05) is 30.3 Å². The lowest BCUT2D eigenvalue weighted by atomic mass is 10.1. The summed E-state index contributed by atoms with van der Waals surface area (Å²) in [6.07, 6.45) is 2.31. The molecule has 128 valence electrons. The van der Waals surface area contributed by atoms with Gasteiger partial charge in [0.25, 0.3) is 0 Å². The third kappa shape index (κ3) is 4.43. The summed E-state index contributed by atoms with van der Waals surface area (Å²) in [5.74, 6) is -0.0537. The second-order valence-electron chi connectivity index (χ2n) is 6.00. The number of aryl methyl sites for hydroxylation is 1. The summed E-state index contributed by atoms with van der Waals surface area (Å²) in [5.41, 5.74) is 2.08. The minimum absolute atomic E-state index is 0.0363. The normalized spacial score (nSPS) is 20.7. The van der Waals surface area contributed by atoms with Crippen LogP contribution in [0.3, 0.4) is 0 Å². The predicted molar refractivity (Wildman–Crippen MR) is 89.3 cm³/mol. The highest BCUT2D eigenvalue weighted by Gasteiger charge is 2.28. The first-order valence-corrected chi connectivity index (χ1v) is 8.23. The van der Waals surface area contributed by atoms with E-state index in [4.69, 9.17) is 9.47 Å². The maximum atomic E-state index is 12.3. The fraction of sp³-hybridized carbons (Fsp3) is 0.444. The number of hydrogen-bond donors (Lipinski definition) is 1. The van der Waals surface area contributed by atoms with Gasteiger partial charge in [-0.3, -0.25) is 9.48 Å². The van der Waals surface area contributed by atoms with Crippen molar-refractivity contribution in [1.29, 1.82) is 0 Å². The first-order valence-electron chi connectivity index (χ1n) is 8.23. The largest absolute Gasteiger partial charge is 0.379 e. The monoisotopic (exact) mass is 329 g/mol. The number of rotatable bonds is 6. The van der Waals surface area contributed by atoms with Gasteiger partial charge in [0.1, 0.15) is 12.6 Å². The number of nitrogens with one attached hydrogen (secondary N) is 1. The van der Waals surface area contributed by atoms with Crippen LogP contribution in [0.2, 0.25) is 0 Å². The fourth-order valence-electron chi connectivity index (χ4n) is 2.77. The number of hydrogen-bond acceptors (Lipinski definition) is 4. The Bertz CT molecular complexity index is 657. The van der Waals surface area contributed by atoms with Gasteiger partial charge >= 0.3 is 0 Å². The van der Waals surface area contributed by atoms with Crippen molar-refractivity contribution in [1.82, 2.24) is 15.1 Å². The van der Waals surface area contributed by atoms with Crippen LogP contribution < -0.4 is 5.32 Å². The predicted octanol–water partition coefficient (Wildman–Crippen LogP) is 1.68. The Balaban J connectivity index is 1.54. The molecule has 1 aromatic heterocycles. The van der Waals surface area contributed by atoms with Crippen molar-refractivity contribution in [3.05, 3.63) is 53.9 Å². The highest BCUT2D eigenvalue weighted by molar-refractivity contribution is 5.76. The Hall–Kier alpha value is -2.18. The summed E-state index contributed by atoms with van der Waals surface area (Å²) in [5, 5.41) is 7.21. The molecule has 0 spiro atoms. The minimum Gasteiger partial charge on any atom is -0.379 e. The summed E-state index contributed by atoms with van der Waals surface area (Å²) >= 11 is 0. The van der Waals surface area contributed by atoms with Gasteiger partial charge in [-0.2, -0.15) is 5.10 Å². The number of nitrogens with zero attached hydrogens (tertiary/aromatic N) is 2. The standard InChI is InChI=1S/C18H23N3O3/c1-14-7-9-19-21(14)11-18(22)20-16-8-10-23-13-17(16)24-12-15-5-3-2-4-6-15/h2-7,9,16-17H,8,10-13H2,1H3,(H,20,22)/t16-,17-/m1/s1. The SMILES string of the molecule is Cc1ccnn1CC(=O)N[C@@H]1CCOC[C@H]1OCc1ccccc1. The van der Waals surface area contributed by atoms with E-state index in [-0.39, 0.29) is 24.6 Å². The van der Waals surface area contributed by atoms with Crippen LogP contribution in [0.1, 0.15) is 17.7 Å². The Morgan fingerprint density at radius 2 is 2.21 bits per heavy atom. The maximum absolute atomic E-state index is 12.3. The average Bonchev–Trinajstić information content (AvgIpc) is 3.00. The van der Waals surface area contributed by atoms with Crippen molar-refractivity contribution in [2.75, 3.05) is 13.2 Å². The molecular weight excluding hydrogens is 306 g/mol.